The van der Waals surface area contributed by atoms with Crippen LogP contribution in [0.2, 0.25) is 0 Å². The van der Waals surface area contributed by atoms with Gasteiger partial charge in [-0.05, 0) is 17.7 Å². The minimum Gasteiger partial charge on any atom is -0.508 e. The lowest BCUT2D eigenvalue weighted by Crippen LogP contribution is -2.48. The largest absolute Gasteiger partial charge is 0.508 e. The zero-order valence-electron chi connectivity index (χ0n) is 10.2. The smallest absolute Gasteiger partial charge is 0.227 e. The standard InChI is InChI=1S/C13H18N2O3/c14-8-12-9-15(5-6-18-12)13(17)7-10-1-3-11(16)4-2-10/h1-4,12,16H,5-9,14H2. The Bertz CT molecular complexity index is 405. The summed E-state index contributed by atoms with van der Waals surface area (Å²) in [6.45, 7) is 2.16. The van der Waals surface area contributed by atoms with E-state index in [4.69, 9.17) is 10.5 Å². The molecule has 0 aliphatic carbocycles. The monoisotopic (exact) mass is 250 g/mol. The highest BCUT2D eigenvalue weighted by Crippen LogP contribution is 2.12. The van der Waals surface area contributed by atoms with Gasteiger partial charge in [-0.3, -0.25) is 4.79 Å². The van der Waals surface area contributed by atoms with Gasteiger partial charge in [-0.1, -0.05) is 12.1 Å². The van der Waals surface area contributed by atoms with Crippen LogP contribution in [0.3, 0.4) is 0 Å². The van der Waals surface area contributed by atoms with Crippen LogP contribution in [0.4, 0.5) is 0 Å². The molecule has 1 saturated heterocycles. The second-order valence-electron chi connectivity index (χ2n) is 4.41. The van der Waals surface area contributed by atoms with E-state index in [9.17, 15) is 9.90 Å². The van der Waals surface area contributed by atoms with Crippen molar-refractivity contribution >= 4 is 5.91 Å². The molecule has 2 rings (SSSR count). The predicted octanol–water partition coefficient (Wildman–Crippen LogP) is 0.121. The van der Waals surface area contributed by atoms with Crippen LogP contribution in [0.5, 0.6) is 5.75 Å². The number of hydrogen-bond donors (Lipinski definition) is 2. The van der Waals surface area contributed by atoms with Crippen molar-refractivity contribution < 1.29 is 14.6 Å². The van der Waals surface area contributed by atoms with Crippen molar-refractivity contribution in [2.75, 3.05) is 26.2 Å². The Balaban J connectivity index is 1.93. The summed E-state index contributed by atoms with van der Waals surface area (Å²) in [5, 5.41) is 9.18. The first-order chi connectivity index (χ1) is 8.69. The Morgan fingerprint density at radius 1 is 1.44 bits per heavy atom. The molecule has 1 aliphatic rings. The Kier molecular flexibility index (Phi) is 4.17. The number of rotatable bonds is 3. The number of nitrogens with two attached hydrogens (primary N) is 1. The fourth-order valence-corrected chi connectivity index (χ4v) is 1.99. The summed E-state index contributed by atoms with van der Waals surface area (Å²) < 4.78 is 5.42. The number of benzene rings is 1. The molecule has 5 heteroatoms. The molecule has 18 heavy (non-hydrogen) atoms. The maximum atomic E-state index is 12.1. The molecule has 3 N–H and O–H groups in total. The van der Waals surface area contributed by atoms with Crippen LogP contribution in [0.15, 0.2) is 24.3 Å². The number of phenols is 1. The Hall–Kier alpha value is -1.59. The molecule has 1 aromatic rings. The number of nitrogens with zero attached hydrogens (tertiary/aromatic N) is 1. The van der Waals surface area contributed by atoms with Gasteiger partial charge < -0.3 is 20.5 Å². The van der Waals surface area contributed by atoms with Crippen molar-refractivity contribution in [3.05, 3.63) is 29.8 Å². The van der Waals surface area contributed by atoms with Crippen molar-refractivity contribution in [1.82, 2.24) is 4.90 Å². The summed E-state index contributed by atoms with van der Waals surface area (Å²) >= 11 is 0. The lowest BCUT2D eigenvalue weighted by Gasteiger charge is -2.32. The molecule has 1 fully saturated rings. The second kappa shape index (κ2) is 5.84. The maximum Gasteiger partial charge on any atom is 0.227 e. The first kappa shape index (κ1) is 12.9. The SMILES string of the molecule is NCC1CN(C(=O)Cc2ccc(O)cc2)CCO1. The third-order valence-corrected chi connectivity index (χ3v) is 3.05. The van der Waals surface area contributed by atoms with Crippen molar-refractivity contribution in [2.45, 2.75) is 12.5 Å². The zero-order chi connectivity index (χ0) is 13.0. The summed E-state index contributed by atoms with van der Waals surface area (Å²) in [4.78, 5) is 13.9. The summed E-state index contributed by atoms with van der Waals surface area (Å²) in [5.41, 5.74) is 6.44. The number of morpholine rings is 1. The van der Waals surface area contributed by atoms with Crippen LogP contribution >= 0.6 is 0 Å². The van der Waals surface area contributed by atoms with Crippen molar-refractivity contribution in [3.8, 4) is 5.75 Å². The number of carbonyl (C=O) groups excluding carboxylic acids is 1. The van der Waals surface area contributed by atoms with E-state index in [1.165, 1.54) is 0 Å². The fraction of sp³-hybridized carbons (Fsp3) is 0.462. The van der Waals surface area contributed by atoms with E-state index >= 15 is 0 Å². The van der Waals surface area contributed by atoms with Crippen molar-refractivity contribution in [2.24, 2.45) is 5.73 Å². The van der Waals surface area contributed by atoms with Gasteiger partial charge in [0.05, 0.1) is 19.1 Å². The van der Waals surface area contributed by atoms with E-state index in [0.717, 1.165) is 5.56 Å². The summed E-state index contributed by atoms with van der Waals surface area (Å²) in [5.74, 6) is 0.281. The summed E-state index contributed by atoms with van der Waals surface area (Å²) in [6, 6.07) is 6.69. The van der Waals surface area contributed by atoms with Crippen LogP contribution < -0.4 is 5.73 Å². The quantitative estimate of drug-likeness (QED) is 0.799. The summed E-state index contributed by atoms with van der Waals surface area (Å²) in [6.07, 6.45) is 0.292. The molecular formula is C13H18N2O3. The minimum absolute atomic E-state index is 0.0532. The molecule has 0 saturated carbocycles. The van der Waals surface area contributed by atoms with Gasteiger partial charge in [0.1, 0.15) is 5.75 Å². The summed E-state index contributed by atoms with van der Waals surface area (Å²) in [7, 11) is 0. The lowest BCUT2D eigenvalue weighted by molar-refractivity contribution is -0.137. The molecule has 0 radical (unpaired) electrons. The molecule has 1 unspecified atom stereocenters. The number of hydrogen-bond acceptors (Lipinski definition) is 4. The van der Waals surface area contributed by atoms with Gasteiger partial charge in [-0.25, -0.2) is 0 Å². The third kappa shape index (κ3) is 3.21. The highest BCUT2D eigenvalue weighted by molar-refractivity contribution is 5.79. The molecular weight excluding hydrogens is 232 g/mol. The van der Waals surface area contributed by atoms with Gasteiger partial charge in [0.15, 0.2) is 0 Å². The highest BCUT2D eigenvalue weighted by atomic mass is 16.5. The Morgan fingerprint density at radius 3 is 2.83 bits per heavy atom. The number of ether oxygens (including phenoxy) is 1. The highest BCUT2D eigenvalue weighted by Gasteiger charge is 2.23. The van der Waals surface area contributed by atoms with Gasteiger partial charge in [-0.15, -0.1) is 0 Å². The molecule has 98 valence electrons. The number of phenolic OH excluding ortho intramolecular Hbond substituents is 1. The Labute approximate surface area is 106 Å². The third-order valence-electron chi connectivity index (χ3n) is 3.05. The van der Waals surface area contributed by atoms with Crippen molar-refractivity contribution in [1.29, 1.82) is 0 Å². The van der Waals surface area contributed by atoms with Crippen LogP contribution in [-0.4, -0.2) is 48.3 Å². The van der Waals surface area contributed by atoms with E-state index in [1.807, 2.05) is 0 Å². The normalized spacial score (nSPS) is 19.8. The average Bonchev–Trinajstić information content (AvgIpc) is 2.41. The van der Waals surface area contributed by atoms with Gasteiger partial charge in [0, 0.05) is 19.6 Å². The number of aromatic hydroxyl groups is 1. The molecule has 1 amide bonds. The second-order valence-corrected chi connectivity index (χ2v) is 4.41. The van der Waals surface area contributed by atoms with Crippen LogP contribution in [0, 0.1) is 0 Å². The zero-order valence-corrected chi connectivity index (χ0v) is 10.2. The number of amides is 1. The predicted molar refractivity (Wildman–Crippen MR) is 67.2 cm³/mol. The molecule has 5 nitrogen and oxygen atoms in total. The minimum atomic E-state index is -0.0532. The van der Waals surface area contributed by atoms with E-state index in [2.05, 4.69) is 0 Å². The first-order valence-electron chi connectivity index (χ1n) is 6.06. The fourth-order valence-electron chi connectivity index (χ4n) is 1.99. The molecule has 0 aromatic heterocycles. The number of carbonyl (C=O) groups is 1. The molecule has 1 heterocycles. The van der Waals surface area contributed by atoms with E-state index in [0.29, 0.717) is 32.7 Å². The van der Waals surface area contributed by atoms with E-state index in [1.54, 1.807) is 29.2 Å². The van der Waals surface area contributed by atoms with Gasteiger partial charge in [0.2, 0.25) is 5.91 Å². The van der Waals surface area contributed by atoms with Crippen LogP contribution in [0.1, 0.15) is 5.56 Å². The van der Waals surface area contributed by atoms with Crippen molar-refractivity contribution in [3.63, 3.8) is 0 Å². The molecule has 1 aliphatic heterocycles. The average molecular weight is 250 g/mol. The topological polar surface area (TPSA) is 75.8 Å². The van der Waals surface area contributed by atoms with Crippen LogP contribution in [0.25, 0.3) is 0 Å². The first-order valence-corrected chi connectivity index (χ1v) is 6.06. The van der Waals surface area contributed by atoms with Gasteiger partial charge in [0.25, 0.3) is 0 Å². The van der Waals surface area contributed by atoms with E-state index < -0.39 is 0 Å². The molecule has 0 bridgehead atoms. The lowest BCUT2D eigenvalue weighted by atomic mass is 10.1. The molecule has 1 aromatic carbocycles. The maximum absolute atomic E-state index is 12.1. The molecule has 1 atom stereocenters. The van der Waals surface area contributed by atoms with Gasteiger partial charge >= 0.3 is 0 Å². The van der Waals surface area contributed by atoms with Gasteiger partial charge in [-0.2, -0.15) is 0 Å². The van der Waals surface area contributed by atoms with Crippen LogP contribution in [-0.2, 0) is 16.0 Å². The Morgan fingerprint density at radius 2 is 2.17 bits per heavy atom. The molecule has 0 spiro atoms. The van der Waals surface area contributed by atoms with E-state index in [-0.39, 0.29) is 17.8 Å².